The number of ether oxygens (including phenoxy) is 1. The van der Waals surface area contributed by atoms with Crippen LogP contribution in [0.5, 0.6) is 11.5 Å². The molecule has 0 aromatic heterocycles. The molecule has 1 saturated heterocycles. The van der Waals surface area contributed by atoms with Crippen LogP contribution in [-0.2, 0) is 16.0 Å². The molecular formula is C27H29NO9. The van der Waals surface area contributed by atoms with Crippen LogP contribution in [0, 0.1) is 6.92 Å². The smallest absolute Gasteiger partial charge is 0.198 e. The lowest BCUT2D eigenvalue weighted by Gasteiger charge is -2.45. The lowest BCUT2D eigenvalue weighted by molar-refractivity contribution is -0.150. The summed E-state index contributed by atoms with van der Waals surface area (Å²) in [5.41, 5.74) is 3.95. The molecule has 7 N–H and O–H groups in total. The van der Waals surface area contributed by atoms with E-state index in [4.69, 9.17) is 10.5 Å². The van der Waals surface area contributed by atoms with Crippen LogP contribution in [0.1, 0.15) is 74.2 Å². The number of carbonyl (C=O) groups excluding carboxylic acids is 3. The fourth-order valence-electron chi connectivity index (χ4n) is 6.17. The molecule has 2 aromatic rings. The molecule has 1 heterocycles. The molecule has 5 rings (SSSR count). The number of aromatic hydroxyl groups is 2. The van der Waals surface area contributed by atoms with E-state index < -0.39 is 83.3 Å². The number of phenolic OH excluding ortho intramolecular Hbond substituents is 2. The molecule has 4 unspecified atom stereocenters. The first-order valence-corrected chi connectivity index (χ1v) is 12.2. The molecule has 3 aliphatic rings. The van der Waals surface area contributed by atoms with Crippen molar-refractivity contribution < 1.29 is 44.7 Å². The molecule has 0 bridgehead atoms. The zero-order valence-corrected chi connectivity index (χ0v) is 20.4. The lowest BCUT2D eigenvalue weighted by atomic mass is 9.66. The standard InChI is InChI=1S/C27H29NO9/c1-10-4-3-5-12-18(10)25(34)21-20(23(12)32)24(33)14-8-27(36,17(30)9-29)7-13(19(14)26(21)35)16-6-15(28)22(31)11(2)37-16/h3-5,11,13,15-16,22,29,31,33,35-36H,6-9,28H2,1-2H3/t11?,13-,15?,16?,22?,27-/m1/s1. The topological polar surface area (TPSA) is 188 Å². The highest BCUT2D eigenvalue weighted by molar-refractivity contribution is 6.31. The van der Waals surface area contributed by atoms with Crippen molar-refractivity contribution in [2.75, 3.05) is 6.61 Å². The lowest BCUT2D eigenvalue weighted by Crippen LogP contribution is -2.55. The van der Waals surface area contributed by atoms with Gasteiger partial charge in [0.15, 0.2) is 17.3 Å². The quantitative estimate of drug-likeness (QED) is 0.268. The van der Waals surface area contributed by atoms with Gasteiger partial charge in [-0.1, -0.05) is 18.2 Å². The highest BCUT2D eigenvalue weighted by Gasteiger charge is 2.51. The third kappa shape index (κ3) is 3.63. The van der Waals surface area contributed by atoms with Crippen molar-refractivity contribution in [3.05, 3.63) is 57.1 Å². The Morgan fingerprint density at radius 2 is 1.81 bits per heavy atom. The molecule has 196 valence electrons. The van der Waals surface area contributed by atoms with E-state index in [1.807, 2.05) is 0 Å². The number of aliphatic hydroxyl groups excluding tert-OH is 2. The van der Waals surface area contributed by atoms with E-state index in [2.05, 4.69) is 0 Å². The number of phenols is 2. The van der Waals surface area contributed by atoms with E-state index in [1.165, 1.54) is 6.07 Å². The zero-order valence-electron chi connectivity index (χ0n) is 20.4. The third-order valence-electron chi connectivity index (χ3n) is 8.11. The average molecular weight is 512 g/mol. The summed E-state index contributed by atoms with van der Waals surface area (Å²) in [4.78, 5) is 39.7. The minimum absolute atomic E-state index is 0.0746. The normalized spacial score (nSPS) is 30.9. The number of hydrogen-bond donors (Lipinski definition) is 6. The summed E-state index contributed by atoms with van der Waals surface area (Å²) in [5.74, 6) is -4.31. The minimum atomic E-state index is -2.15. The Balaban J connectivity index is 1.76. The summed E-state index contributed by atoms with van der Waals surface area (Å²) in [7, 11) is 0. The molecule has 6 atom stereocenters. The van der Waals surface area contributed by atoms with E-state index in [-0.39, 0.29) is 40.7 Å². The van der Waals surface area contributed by atoms with E-state index in [0.29, 0.717) is 5.56 Å². The van der Waals surface area contributed by atoms with Gasteiger partial charge < -0.3 is 36.0 Å². The number of hydrogen-bond acceptors (Lipinski definition) is 10. The summed E-state index contributed by atoms with van der Waals surface area (Å²) in [5, 5.41) is 54.0. The molecular weight excluding hydrogens is 482 g/mol. The Hall–Kier alpha value is -3.15. The first-order valence-electron chi connectivity index (χ1n) is 12.2. The molecule has 10 nitrogen and oxygen atoms in total. The van der Waals surface area contributed by atoms with Crippen molar-refractivity contribution in [3.8, 4) is 11.5 Å². The van der Waals surface area contributed by atoms with Gasteiger partial charge in [0.25, 0.3) is 0 Å². The van der Waals surface area contributed by atoms with Gasteiger partial charge in [-0.25, -0.2) is 0 Å². The number of aryl methyl sites for hydroxylation is 1. The average Bonchev–Trinajstić information content (AvgIpc) is 2.86. The first kappa shape index (κ1) is 25.5. The number of aliphatic hydroxyl groups is 3. The molecule has 0 amide bonds. The van der Waals surface area contributed by atoms with E-state index in [9.17, 15) is 39.9 Å². The molecule has 1 aliphatic heterocycles. The van der Waals surface area contributed by atoms with Crippen molar-refractivity contribution >= 4 is 17.3 Å². The van der Waals surface area contributed by atoms with Crippen LogP contribution in [-0.4, -0.2) is 79.4 Å². The number of nitrogens with two attached hydrogens (primary N) is 1. The molecule has 1 fully saturated rings. The van der Waals surface area contributed by atoms with Crippen LogP contribution in [0.3, 0.4) is 0 Å². The Morgan fingerprint density at radius 1 is 1.14 bits per heavy atom. The zero-order chi connectivity index (χ0) is 27.0. The van der Waals surface area contributed by atoms with Crippen LogP contribution in [0.15, 0.2) is 18.2 Å². The molecule has 37 heavy (non-hydrogen) atoms. The van der Waals surface area contributed by atoms with Crippen molar-refractivity contribution in [1.82, 2.24) is 0 Å². The summed E-state index contributed by atoms with van der Waals surface area (Å²) in [6.07, 6.45) is -3.22. The first-order chi connectivity index (χ1) is 17.4. The van der Waals surface area contributed by atoms with Gasteiger partial charge >= 0.3 is 0 Å². The number of Topliss-reactive ketones (excluding diaryl/α,β-unsaturated/α-hetero) is 1. The van der Waals surface area contributed by atoms with Crippen molar-refractivity contribution in [3.63, 3.8) is 0 Å². The van der Waals surface area contributed by atoms with Crippen LogP contribution in [0.4, 0.5) is 0 Å². The van der Waals surface area contributed by atoms with Gasteiger partial charge in [0.05, 0.1) is 29.4 Å². The monoisotopic (exact) mass is 511 g/mol. The van der Waals surface area contributed by atoms with Gasteiger partial charge in [-0.05, 0) is 32.3 Å². The Kier molecular flexibility index (Phi) is 6.00. The van der Waals surface area contributed by atoms with Gasteiger partial charge in [0.2, 0.25) is 0 Å². The van der Waals surface area contributed by atoms with Crippen LogP contribution in [0.25, 0.3) is 0 Å². The highest BCUT2D eigenvalue weighted by Crippen LogP contribution is 2.53. The minimum Gasteiger partial charge on any atom is -0.507 e. The van der Waals surface area contributed by atoms with Crippen molar-refractivity contribution in [1.29, 1.82) is 0 Å². The second-order valence-corrected chi connectivity index (χ2v) is 10.4. The maximum absolute atomic E-state index is 13.6. The van der Waals surface area contributed by atoms with Crippen LogP contribution in [0.2, 0.25) is 0 Å². The molecule has 0 spiro atoms. The van der Waals surface area contributed by atoms with E-state index >= 15 is 0 Å². The van der Waals surface area contributed by atoms with Gasteiger partial charge in [0, 0.05) is 40.6 Å². The van der Waals surface area contributed by atoms with E-state index in [1.54, 1.807) is 26.0 Å². The van der Waals surface area contributed by atoms with Crippen molar-refractivity contribution in [2.24, 2.45) is 5.73 Å². The predicted octanol–water partition coefficient (Wildman–Crippen LogP) is 0.370. The molecule has 2 aliphatic carbocycles. The molecule has 10 heteroatoms. The molecule has 0 radical (unpaired) electrons. The van der Waals surface area contributed by atoms with Gasteiger partial charge in [0.1, 0.15) is 23.7 Å². The Labute approximate surface area is 212 Å². The number of rotatable bonds is 3. The Morgan fingerprint density at radius 3 is 2.46 bits per heavy atom. The molecule has 2 aromatic carbocycles. The summed E-state index contributed by atoms with van der Waals surface area (Å²) in [6, 6.07) is 4.01. The molecule has 0 saturated carbocycles. The van der Waals surface area contributed by atoms with Gasteiger partial charge in [-0.15, -0.1) is 0 Å². The van der Waals surface area contributed by atoms with Crippen LogP contribution >= 0.6 is 0 Å². The largest absolute Gasteiger partial charge is 0.507 e. The second-order valence-electron chi connectivity index (χ2n) is 10.4. The third-order valence-corrected chi connectivity index (χ3v) is 8.11. The predicted molar refractivity (Wildman–Crippen MR) is 129 cm³/mol. The van der Waals surface area contributed by atoms with Crippen LogP contribution < -0.4 is 5.73 Å². The summed E-state index contributed by atoms with van der Waals surface area (Å²) >= 11 is 0. The summed E-state index contributed by atoms with van der Waals surface area (Å²) in [6.45, 7) is 2.30. The second kappa shape index (κ2) is 8.71. The SMILES string of the molecule is Cc1cccc2c1C(=O)c1c(O)c3c(c(O)c1C2=O)C[C@@](O)(C(=O)CO)C[C@@H]3C1CC(N)C(O)C(C)O1. The van der Waals surface area contributed by atoms with E-state index in [0.717, 1.165) is 0 Å². The Bertz CT molecular complexity index is 1340. The van der Waals surface area contributed by atoms with Gasteiger partial charge in [-0.2, -0.15) is 0 Å². The number of benzene rings is 2. The summed E-state index contributed by atoms with van der Waals surface area (Å²) < 4.78 is 5.97. The number of ketones is 3. The maximum atomic E-state index is 13.6. The van der Waals surface area contributed by atoms with Gasteiger partial charge in [-0.3, -0.25) is 14.4 Å². The highest BCUT2D eigenvalue weighted by atomic mass is 16.5. The van der Waals surface area contributed by atoms with Crippen molar-refractivity contribution in [2.45, 2.75) is 69.0 Å². The number of fused-ring (bicyclic) bond motifs is 3. The fourth-order valence-corrected chi connectivity index (χ4v) is 6.17. The fraction of sp³-hybridized carbons (Fsp3) is 0.444. The maximum Gasteiger partial charge on any atom is 0.198 e. The number of carbonyl (C=O) groups is 3.